The summed E-state index contributed by atoms with van der Waals surface area (Å²) < 4.78 is 23.6. The number of quaternary nitrogens is 1. The number of hydrogen-bond donors (Lipinski definition) is 3. The smallest absolute Gasteiger partial charge is 0.387 e. The van der Waals surface area contributed by atoms with Crippen molar-refractivity contribution < 1.29 is 32.9 Å². The highest BCUT2D eigenvalue weighted by Gasteiger charge is 2.27. The number of carbonyl (C=O) groups excluding carboxylic acids is 1. The lowest BCUT2D eigenvalue weighted by molar-refractivity contribution is -0.870. The lowest BCUT2D eigenvalue weighted by atomic mass is 10.0. The quantitative estimate of drug-likeness (QED) is 0.0245. The van der Waals surface area contributed by atoms with Crippen molar-refractivity contribution in [3.63, 3.8) is 0 Å². The Balaban J connectivity index is 4.44. The maximum atomic E-state index is 12.9. The molecule has 1 amide bonds. The number of hydrogen-bond acceptors (Lipinski definition) is 5. The molecule has 0 aliphatic carbocycles. The third-order valence-electron chi connectivity index (χ3n) is 10.2. The number of aliphatic hydroxyl groups excluding tert-OH is 1. The molecule has 0 spiro atoms. The summed E-state index contributed by atoms with van der Waals surface area (Å²) in [5, 5.41) is 13.8. The molecule has 334 valence electrons. The molecule has 0 aliphatic heterocycles. The van der Waals surface area contributed by atoms with Gasteiger partial charge in [0.2, 0.25) is 5.91 Å². The first kappa shape index (κ1) is 55.5. The zero-order valence-corrected chi connectivity index (χ0v) is 38.7. The maximum absolute atomic E-state index is 12.9. The number of aliphatic hydroxyl groups is 1. The van der Waals surface area contributed by atoms with Crippen LogP contribution in [0.1, 0.15) is 200 Å². The molecule has 0 aromatic carbocycles. The van der Waals surface area contributed by atoms with Gasteiger partial charge in [-0.15, -0.1) is 0 Å². The number of unbranched alkanes of at least 4 members (excludes halogenated alkanes) is 23. The van der Waals surface area contributed by atoms with E-state index in [0.717, 1.165) is 44.9 Å². The highest BCUT2D eigenvalue weighted by molar-refractivity contribution is 7.47. The van der Waals surface area contributed by atoms with Gasteiger partial charge in [-0.25, -0.2) is 4.57 Å². The van der Waals surface area contributed by atoms with Crippen molar-refractivity contribution in [2.45, 2.75) is 212 Å². The summed E-state index contributed by atoms with van der Waals surface area (Å²) >= 11 is 0. The lowest BCUT2D eigenvalue weighted by Crippen LogP contribution is -2.45. The number of amides is 1. The first-order valence-corrected chi connectivity index (χ1v) is 25.0. The maximum Gasteiger partial charge on any atom is 0.472 e. The van der Waals surface area contributed by atoms with Crippen LogP contribution in [0.25, 0.3) is 0 Å². The van der Waals surface area contributed by atoms with Crippen LogP contribution in [0.15, 0.2) is 48.6 Å². The standard InChI is InChI=1S/C48H91N2O6P/c1-6-8-10-12-14-16-18-20-22-24-25-26-28-30-32-34-36-38-40-42-48(52)49-46(45-56-57(53,54)55-44-43-50(3,4)5)47(51)41-39-37-35-33-31-29-27-23-21-19-17-15-13-11-9-7-2/h20-23,31,33,39,41,46-47,51H,6-19,24-30,32,34-38,40,42-45H2,1-5H3,(H-,49,52,53,54)/p+1/b22-20-,23-21+,33-31+,41-39+. The average molecular weight is 824 g/mol. The monoisotopic (exact) mass is 824 g/mol. The molecule has 3 atom stereocenters. The van der Waals surface area contributed by atoms with Gasteiger partial charge in [-0.05, 0) is 70.6 Å². The van der Waals surface area contributed by atoms with E-state index in [1.165, 1.54) is 135 Å². The van der Waals surface area contributed by atoms with Crippen LogP contribution in [0.2, 0.25) is 0 Å². The minimum absolute atomic E-state index is 0.0523. The van der Waals surface area contributed by atoms with Crippen LogP contribution >= 0.6 is 7.82 Å². The highest BCUT2D eigenvalue weighted by Crippen LogP contribution is 2.43. The van der Waals surface area contributed by atoms with Crippen molar-refractivity contribution in [2.24, 2.45) is 0 Å². The summed E-state index contributed by atoms with van der Waals surface area (Å²) in [5.74, 6) is -0.195. The molecule has 0 rings (SSSR count). The molecule has 0 aliphatic rings. The Morgan fingerprint density at radius 1 is 0.579 bits per heavy atom. The fourth-order valence-corrected chi connectivity index (χ4v) is 7.21. The fraction of sp³-hybridized carbons (Fsp3) is 0.812. The topological polar surface area (TPSA) is 105 Å². The zero-order valence-electron chi connectivity index (χ0n) is 37.8. The predicted octanol–water partition coefficient (Wildman–Crippen LogP) is 13.2. The van der Waals surface area contributed by atoms with Crippen molar-refractivity contribution in [3.05, 3.63) is 48.6 Å². The van der Waals surface area contributed by atoms with Crippen LogP contribution in [-0.4, -0.2) is 73.4 Å². The van der Waals surface area contributed by atoms with Gasteiger partial charge in [-0.2, -0.15) is 0 Å². The van der Waals surface area contributed by atoms with Gasteiger partial charge in [0.1, 0.15) is 13.2 Å². The Kier molecular flexibility index (Phi) is 38.8. The summed E-state index contributed by atoms with van der Waals surface area (Å²) in [5.41, 5.74) is 0. The molecule has 0 bridgehead atoms. The van der Waals surface area contributed by atoms with E-state index in [4.69, 9.17) is 9.05 Å². The first-order chi connectivity index (χ1) is 27.5. The van der Waals surface area contributed by atoms with Gasteiger partial charge in [0.25, 0.3) is 0 Å². The first-order valence-electron chi connectivity index (χ1n) is 23.5. The molecule has 0 heterocycles. The molecule has 3 unspecified atom stereocenters. The molecule has 0 saturated carbocycles. The number of phosphoric ester groups is 1. The van der Waals surface area contributed by atoms with Crippen molar-refractivity contribution in [2.75, 3.05) is 40.9 Å². The van der Waals surface area contributed by atoms with Gasteiger partial charge >= 0.3 is 7.82 Å². The molecule has 0 fully saturated rings. The van der Waals surface area contributed by atoms with E-state index in [-0.39, 0.29) is 19.1 Å². The van der Waals surface area contributed by atoms with Gasteiger partial charge in [0.05, 0.1) is 39.9 Å². The minimum Gasteiger partial charge on any atom is -0.387 e. The largest absolute Gasteiger partial charge is 0.472 e. The second-order valence-corrected chi connectivity index (χ2v) is 18.6. The number of carbonyl (C=O) groups is 1. The summed E-state index contributed by atoms with van der Waals surface area (Å²) in [7, 11) is 1.54. The van der Waals surface area contributed by atoms with Gasteiger partial charge in [0, 0.05) is 6.42 Å². The van der Waals surface area contributed by atoms with E-state index in [9.17, 15) is 19.4 Å². The average Bonchev–Trinajstić information content (AvgIpc) is 3.16. The SMILES string of the molecule is CCCCCCCC/C=C\CCCCCCCCCCCC(=O)NC(COP(=O)(O)OCC[N+](C)(C)C)C(O)/C=C/CC/C=C/CC/C=C/CCCCCCCC. The third-order valence-corrected chi connectivity index (χ3v) is 11.2. The van der Waals surface area contributed by atoms with E-state index in [0.29, 0.717) is 17.4 Å². The van der Waals surface area contributed by atoms with Gasteiger partial charge in [-0.1, -0.05) is 172 Å². The minimum atomic E-state index is -4.35. The van der Waals surface area contributed by atoms with Crippen LogP contribution in [-0.2, 0) is 18.4 Å². The second-order valence-electron chi connectivity index (χ2n) is 17.1. The lowest BCUT2D eigenvalue weighted by Gasteiger charge is -2.25. The Bertz CT molecular complexity index is 1070. The number of likely N-dealkylation sites (N-methyl/N-ethyl adjacent to an activating group) is 1. The summed E-state index contributed by atoms with van der Waals surface area (Å²) in [6.07, 6.45) is 50.4. The van der Waals surface area contributed by atoms with E-state index >= 15 is 0 Å². The van der Waals surface area contributed by atoms with Crippen LogP contribution in [0.3, 0.4) is 0 Å². The fourth-order valence-electron chi connectivity index (χ4n) is 6.48. The van der Waals surface area contributed by atoms with E-state index in [2.05, 4.69) is 55.6 Å². The zero-order chi connectivity index (χ0) is 42.1. The van der Waals surface area contributed by atoms with Crippen LogP contribution in [0, 0.1) is 0 Å². The van der Waals surface area contributed by atoms with Crippen LogP contribution in [0.4, 0.5) is 0 Å². The number of nitrogens with one attached hydrogen (secondary N) is 1. The molecule has 3 N–H and O–H groups in total. The van der Waals surface area contributed by atoms with Gasteiger partial charge in [0.15, 0.2) is 0 Å². The van der Waals surface area contributed by atoms with Crippen LogP contribution < -0.4 is 5.32 Å². The molecular formula is C48H92N2O6P+. The molecule has 0 radical (unpaired) electrons. The second kappa shape index (κ2) is 39.9. The summed E-state index contributed by atoms with van der Waals surface area (Å²) in [6, 6.07) is -0.870. The highest BCUT2D eigenvalue weighted by atomic mass is 31.2. The van der Waals surface area contributed by atoms with Gasteiger partial charge in [-0.3, -0.25) is 13.8 Å². The predicted molar refractivity (Wildman–Crippen MR) is 244 cm³/mol. The molecule has 0 aromatic heterocycles. The molecule has 0 aromatic rings. The summed E-state index contributed by atoms with van der Waals surface area (Å²) in [4.78, 5) is 23.1. The third kappa shape index (κ3) is 42.4. The Morgan fingerprint density at radius 3 is 1.40 bits per heavy atom. The molecular weight excluding hydrogens is 732 g/mol. The van der Waals surface area contributed by atoms with Crippen molar-refractivity contribution in [1.29, 1.82) is 0 Å². The Morgan fingerprint density at radius 2 is 0.965 bits per heavy atom. The van der Waals surface area contributed by atoms with Crippen LogP contribution in [0.5, 0.6) is 0 Å². The molecule has 0 saturated heterocycles. The number of rotatable bonds is 42. The summed E-state index contributed by atoms with van der Waals surface area (Å²) in [6.45, 7) is 4.77. The van der Waals surface area contributed by atoms with Crippen molar-refractivity contribution >= 4 is 13.7 Å². The van der Waals surface area contributed by atoms with E-state index in [1.54, 1.807) is 6.08 Å². The number of phosphoric acid groups is 1. The van der Waals surface area contributed by atoms with Crippen molar-refractivity contribution in [3.8, 4) is 0 Å². The van der Waals surface area contributed by atoms with Crippen molar-refractivity contribution in [1.82, 2.24) is 5.32 Å². The number of allylic oxidation sites excluding steroid dienone is 7. The Hall–Kier alpha value is -1.54. The normalized spacial score (nSPS) is 14.7. The van der Waals surface area contributed by atoms with E-state index in [1.807, 2.05) is 27.2 Å². The van der Waals surface area contributed by atoms with E-state index < -0.39 is 20.0 Å². The van der Waals surface area contributed by atoms with Gasteiger partial charge < -0.3 is 19.8 Å². The number of nitrogens with zero attached hydrogens (tertiary/aromatic N) is 1. The molecule has 9 heteroatoms. The molecule has 57 heavy (non-hydrogen) atoms. The Labute approximate surface area is 352 Å². The molecule has 8 nitrogen and oxygen atoms in total.